The van der Waals surface area contributed by atoms with Crippen LogP contribution in [0.3, 0.4) is 0 Å². The summed E-state index contributed by atoms with van der Waals surface area (Å²) in [5.41, 5.74) is 0. The molecule has 1 aliphatic heterocycles. The highest BCUT2D eigenvalue weighted by molar-refractivity contribution is 4.96. The molecular weight excluding hydrogens is 388 g/mol. The van der Waals surface area contributed by atoms with Crippen LogP contribution in [-0.4, -0.2) is 29.1 Å². The quantitative estimate of drug-likeness (QED) is 0.135. The predicted octanol–water partition coefficient (Wildman–Crippen LogP) is 10.0. The SMILES string of the molecule is CCCCCCCCCCCCC1N(CCCCC)C=CN1CCCCCCCCCC. The second kappa shape index (κ2) is 22.1. The van der Waals surface area contributed by atoms with Crippen molar-refractivity contribution in [1.29, 1.82) is 0 Å². The third kappa shape index (κ3) is 15.2. The van der Waals surface area contributed by atoms with E-state index in [4.69, 9.17) is 0 Å². The molecule has 0 saturated carbocycles. The number of hydrogen-bond donors (Lipinski definition) is 0. The zero-order valence-electron chi connectivity index (χ0n) is 22.6. The van der Waals surface area contributed by atoms with E-state index in [0.717, 1.165) is 0 Å². The lowest BCUT2D eigenvalue weighted by Gasteiger charge is -2.33. The second-order valence-electron chi connectivity index (χ2n) is 10.4. The minimum Gasteiger partial charge on any atom is -0.356 e. The summed E-state index contributed by atoms with van der Waals surface area (Å²) >= 11 is 0. The molecule has 0 spiro atoms. The van der Waals surface area contributed by atoms with Gasteiger partial charge in [0.15, 0.2) is 0 Å². The third-order valence-corrected chi connectivity index (χ3v) is 7.32. The van der Waals surface area contributed by atoms with E-state index in [9.17, 15) is 0 Å². The van der Waals surface area contributed by atoms with Crippen molar-refractivity contribution in [2.24, 2.45) is 0 Å². The Morgan fingerprint density at radius 2 is 0.719 bits per heavy atom. The summed E-state index contributed by atoms with van der Waals surface area (Å²) < 4.78 is 0. The van der Waals surface area contributed by atoms with Crippen LogP contribution in [0.25, 0.3) is 0 Å². The molecule has 190 valence electrons. The Kier molecular flexibility index (Phi) is 20.3. The van der Waals surface area contributed by atoms with Crippen molar-refractivity contribution in [2.45, 2.75) is 168 Å². The summed E-state index contributed by atoms with van der Waals surface area (Å²) in [5, 5.41) is 0. The van der Waals surface area contributed by atoms with E-state index in [-0.39, 0.29) is 0 Å². The Morgan fingerprint density at radius 3 is 1.16 bits per heavy atom. The molecule has 0 radical (unpaired) electrons. The van der Waals surface area contributed by atoms with Crippen LogP contribution in [0, 0.1) is 0 Å². The van der Waals surface area contributed by atoms with Gasteiger partial charge in [-0.25, -0.2) is 0 Å². The number of nitrogens with zero attached hydrogens (tertiary/aromatic N) is 2. The van der Waals surface area contributed by atoms with Crippen molar-refractivity contribution in [3.05, 3.63) is 12.4 Å². The molecule has 0 aromatic rings. The molecule has 0 aliphatic carbocycles. The number of unbranched alkanes of at least 4 members (excludes halogenated alkanes) is 18. The molecule has 1 heterocycles. The van der Waals surface area contributed by atoms with Crippen LogP contribution in [0.5, 0.6) is 0 Å². The van der Waals surface area contributed by atoms with Crippen LogP contribution in [0.15, 0.2) is 12.4 Å². The molecule has 0 amide bonds. The van der Waals surface area contributed by atoms with Crippen molar-refractivity contribution >= 4 is 0 Å². The van der Waals surface area contributed by atoms with Crippen LogP contribution < -0.4 is 0 Å². The molecule has 1 unspecified atom stereocenters. The van der Waals surface area contributed by atoms with Crippen LogP contribution in [-0.2, 0) is 0 Å². The maximum Gasteiger partial charge on any atom is 0.101 e. The summed E-state index contributed by atoms with van der Waals surface area (Å²) in [4.78, 5) is 5.34. The molecule has 2 nitrogen and oxygen atoms in total. The van der Waals surface area contributed by atoms with Gasteiger partial charge in [0.2, 0.25) is 0 Å². The van der Waals surface area contributed by atoms with E-state index in [1.165, 1.54) is 154 Å². The van der Waals surface area contributed by atoms with Gasteiger partial charge in [-0.3, -0.25) is 0 Å². The fourth-order valence-electron chi connectivity index (χ4n) is 5.13. The first-order valence-electron chi connectivity index (χ1n) is 15.0. The number of hydrogen-bond acceptors (Lipinski definition) is 2. The van der Waals surface area contributed by atoms with Gasteiger partial charge in [0.25, 0.3) is 0 Å². The van der Waals surface area contributed by atoms with Gasteiger partial charge in [0.1, 0.15) is 6.17 Å². The molecule has 0 aromatic heterocycles. The van der Waals surface area contributed by atoms with Crippen molar-refractivity contribution in [1.82, 2.24) is 9.80 Å². The average molecular weight is 449 g/mol. The van der Waals surface area contributed by atoms with Crippen molar-refractivity contribution in [2.75, 3.05) is 13.1 Å². The molecule has 0 N–H and O–H groups in total. The van der Waals surface area contributed by atoms with E-state index in [1.807, 2.05) is 0 Å². The molecular formula is C30H60N2. The molecule has 0 fully saturated rings. The van der Waals surface area contributed by atoms with Crippen LogP contribution >= 0.6 is 0 Å². The maximum absolute atomic E-state index is 2.68. The zero-order chi connectivity index (χ0) is 23.1. The van der Waals surface area contributed by atoms with Crippen molar-refractivity contribution < 1.29 is 0 Å². The summed E-state index contributed by atoms with van der Waals surface area (Å²) in [6.45, 7) is 9.44. The lowest BCUT2D eigenvalue weighted by atomic mass is 10.0. The van der Waals surface area contributed by atoms with E-state index in [2.05, 4.69) is 43.0 Å². The first-order chi connectivity index (χ1) is 15.8. The van der Waals surface area contributed by atoms with Gasteiger partial charge in [-0.15, -0.1) is 0 Å². The van der Waals surface area contributed by atoms with E-state index < -0.39 is 0 Å². The summed E-state index contributed by atoms with van der Waals surface area (Å²) in [6.07, 6.45) is 36.6. The predicted molar refractivity (Wildman–Crippen MR) is 145 cm³/mol. The van der Waals surface area contributed by atoms with Gasteiger partial charge < -0.3 is 9.80 Å². The molecule has 32 heavy (non-hydrogen) atoms. The third-order valence-electron chi connectivity index (χ3n) is 7.32. The highest BCUT2D eigenvalue weighted by Crippen LogP contribution is 2.23. The molecule has 1 rings (SSSR count). The van der Waals surface area contributed by atoms with Gasteiger partial charge >= 0.3 is 0 Å². The van der Waals surface area contributed by atoms with Crippen molar-refractivity contribution in [3.8, 4) is 0 Å². The van der Waals surface area contributed by atoms with Gasteiger partial charge in [0, 0.05) is 25.5 Å². The van der Waals surface area contributed by atoms with Crippen LogP contribution in [0.1, 0.15) is 162 Å². The van der Waals surface area contributed by atoms with Crippen molar-refractivity contribution in [3.63, 3.8) is 0 Å². The number of rotatable bonds is 24. The molecule has 1 aliphatic rings. The fraction of sp³-hybridized carbons (Fsp3) is 0.933. The summed E-state index contributed by atoms with van der Waals surface area (Å²) in [5.74, 6) is 0. The Hall–Kier alpha value is -0.660. The topological polar surface area (TPSA) is 6.48 Å². The average Bonchev–Trinajstić information content (AvgIpc) is 3.18. The first-order valence-corrected chi connectivity index (χ1v) is 15.0. The molecule has 0 bridgehead atoms. The van der Waals surface area contributed by atoms with Crippen LogP contribution in [0.4, 0.5) is 0 Å². The van der Waals surface area contributed by atoms with Crippen LogP contribution in [0.2, 0.25) is 0 Å². The lowest BCUT2D eigenvalue weighted by Crippen LogP contribution is -2.39. The summed E-state index contributed by atoms with van der Waals surface area (Å²) in [7, 11) is 0. The Labute approximate surface area is 203 Å². The summed E-state index contributed by atoms with van der Waals surface area (Å²) in [6, 6.07) is 0. The second-order valence-corrected chi connectivity index (χ2v) is 10.4. The highest BCUT2D eigenvalue weighted by atomic mass is 15.4. The Morgan fingerprint density at radius 1 is 0.406 bits per heavy atom. The van der Waals surface area contributed by atoms with Gasteiger partial charge in [-0.1, -0.05) is 136 Å². The molecule has 0 saturated heterocycles. The van der Waals surface area contributed by atoms with E-state index in [1.54, 1.807) is 0 Å². The van der Waals surface area contributed by atoms with E-state index in [0.29, 0.717) is 6.17 Å². The van der Waals surface area contributed by atoms with Gasteiger partial charge in [0.05, 0.1) is 0 Å². The van der Waals surface area contributed by atoms with Gasteiger partial charge in [-0.2, -0.15) is 0 Å². The highest BCUT2D eigenvalue weighted by Gasteiger charge is 2.24. The molecule has 2 heteroatoms. The van der Waals surface area contributed by atoms with E-state index >= 15 is 0 Å². The molecule has 0 aromatic carbocycles. The van der Waals surface area contributed by atoms with Gasteiger partial charge in [-0.05, 0) is 25.7 Å². The Balaban J connectivity index is 2.20. The fourth-order valence-corrected chi connectivity index (χ4v) is 5.13. The zero-order valence-corrected chi connectivity index (χ0v) is 22.6. The largest absolute Gasteiger partial charge is 0.356 e. The standard InChI is InChI=1S/C30H60N2/c1-4-7-10-12-14-16-17-18-20-22-25-30-31(26-23-9-6-3)28-29-32(30)27-24-21-19-15-13-11-8-5-2/h28-30H,4-27H2,1-3H3. The smallest absolute Gasteiger partial charge is 0.101 e. The lowest BCUT2D eigenvalue weighted by molar-refractivity contribution is 0.135. The normalized spacial score (nSPS) is 15.9. The minimum absolute atomic E-state index is 0.644. The minimum atomic E-state index is 0.644. The monoisotopic (exact) mass is 448 g/mol. The maximum atomic E-state index is 2.68. The molecule has 1 atom stereocenters. The first kappa shape index (κ1) is 29.4. The Bertz CT molecular complexity index is 406.